The minimum atomic E-state index is -0.812. The topological polar surface area (TPSA) is 95.8 Å². The van der Waals surface area contributed by atoms with Crippen molar-refractivity contribution in [3.63, 3.8) is 0 Å². The summed E-state index contributed by atoms with van der Waals surface area (Å²) in [6.45, 7) is 41.2. The van der Waals surface area contributed by atoms with Crippen LogP contribution in [0.1, 0.15) is 150 Å². The Balaban J connectivity index is 3.55. The second-order valence-corrected chi connectivity index (χ2v) is 20.6. The predicted octanol–water partition coefficient (Wildman–Crippen LogP) is 8.63. The number of aliphatic hydroxyl groups excluding tert-OH is 1. The standard InChI is InChI=1S/C41H82O8/c1-34(2,3)19-23-46-40(15,16)31(28-49-38(11,12)22-26-45-35(4,5)6)33-32(41(17,18)48-24-20-36(7,8)29-42)30(27-44-33)39(13,14)47-25-21-37(9,10)43/h30-33,42-43H,19-29H2,1-18H3. The Hall–Kier alpha value is -0.320. The van der Waals surface area contributed by atoms with Crippen LogP contribution < -0.4 is 0 Å². The molecular weight excluding hydrogens is 620 g/mol. The van der Waals surface area contributed by atoms with Gasteiger partial charge in [0.15, 0.2) is 0 Å². The molecule has 0 bridgehead atoms. The molecular formula is C41H82O8. The lowest BCUT2D eigenvalue weighted by Gasteiger charge is -2.47. The highest BCUT2D eigenvalue weighted by Gasteiger charge is 2.57. The van der Waals surface area contributed by atoms with E-state index in [2.05, 4.69) is 111 Å². The van der Waals surface area contributed by atoms with Crippen molar-refractivity contribution in [2.45, 2.75) is 190 Å². The van der Waals surface area contributed by atoms with Gasteiger partial charge in [0.2, 0.25) is 0 Å². The average Bonchev–Trinajstić information content (AvgIpc) is 3.32. The third-order valence-electron chi connectivity index (χ3n) is 10.3. The van der Waals surface area contributed by atoms with Gasteiger partial charge in [-0.1, -0.05) is 34.6 Å². The molecule has 0 saturated carbocycles. The van der Waals surface area contributed by atoms with E-state index < -0.39 is 28.0 Å². The van der Waals surface area contributed by atoms with Gasteiger partial charge in [0.05, 0.1) is 59.5 Å². The van der Waals surface area contributed by atoms with Crippen molar-refractivity contribution < 1.29 is 38.6 Å². The summed E-state index contributed by atoms with van der Waals surface area (Å²) in [7, 11) is 0. The summed E-state index contributed by atoms with van der Waals surface area (Å²) in [5, 5.41) is 20.3. The molecule has 0 spiro atoms. The van der Waals surface area contributed by atoms with E-state index in [4.69, 9.17) is 28.4 Å². The molecule has 8 heteroatoms. The van der Waals surface area contributed by atoms with Crippen LogP contribution in [-0.2, 0) is 28.4 Å². The first-order valence-corrected chi connectivity index (χ1v) is 19.0. The maximum absolute atomic E-state index is 10.4. The largest absolute Gasteiger partial charge is 0.396 e. The molecule has 0 aromatic heterocycles. The zero-order chi connectivity index (χ0) is 38.3. The van der Waals surface area contributed by atoms with Crippen LogP contribution in [0.2, 0.25) is 0 Å². The second-order valence-electron chi connectivity index (χ2n) is 20.6. The molecule has 4 atom stereocenters. The molecule has 294 valence electrons. The summed E-state index contributed by atoms with van der Waals surface area (Å²) in [5.41, 5.74) is -3.23. The van der Waals surface area contributed by atoms with Crippen LogP contribution >= 0.6 is 0 Å². The number of aliphatic hydroxyl groups is 2. The fraction of sp³-hybridized carbons (Fsp3) is 1.00. The van der Waals surface area contributed by atoms with E-state index in [0.717, 1.165) is 19.3 Å². The number of hydrogen-bond acceptors (Lipinski definition) is 8. The van der Waals surface area contributed by atoms with Crippen molar-refractivity contribution in [1.29, 1.82) is 0 Å². The smallest absolute Gasteiger partial charge is 0.0712 e. The molecule has 0 aromatic carbocycles. The second kappa shape index (κ2) is 17.7. The highest BCUT2D eigenvalue weighted by molar-refractivity contribution is 5.05. The molecule has 2 N–H and O–H groups in total. The third kappa shape index (κ3) is 17.4. The van der Waals surface area contributed by atoms with Crippen LogP contribution in [0.15, 0.2) is 0 Å². The zero-order valence-corrected chi connectivity index (χ0v) is 35.4. The molecule has 0 aromatic rings. The summed E-state index contributed by atoms with van der Waals surface area (Å²) >= 11 is 0. The van der Waals surface area contributed by atoms with Crippen LogP contribution in [0, 0.1) is 28.6 Å². The maximum atomic E-state index is 10.4. The van der Waals surface area contributed by atoms with Gasteiger partial charge in [-0.3, -0.25) is 0 Å². The van der Waals surface area contributed by atoms with E-state index >= 15 is 0 Å². The van der Waals surface area contributed by atoms with Gasteiger partial charge in [0.1, 0.15) is 0 Å². The molecule has 0 aliphatic carbocycles. The van der Waals surface area contributed by atoms with Crippen molar-refractivity contribution in [2.24, 2.45) is 28.6 Å². The van der Waals surface area contributed by atoms with Gasteiger partial charge in [0.25, 0.3) is 0 Å². The van der Waals surface area contributed by atoms with Crippen molar-refractivity contribution in [3.05, 3.63) is 0 Å². The summed E-state index contributed by atoms with van der Waals surface area (Å²) < 4.78 is 40.0. The van der Waals surface area contributed by atoms with E-state index in [1.54, 1.807) is 0 Å². The fourth-order valence-corrected chi connectivity index (χ4v) is 6.38. The number of rotatable bonds is 22. The first-order chi connectivity index (χ1) is 21.8. The summed E-state index contributed by atoms with van der Waals surface area (Å²) in [4.78, 5) is 0. The maximum Gasteiger partial charge on any atom is 0.0712 e. The molecule has 0 amide bonds. The van der Waals surface area contributed by atoms with E-state index in [0.29, 0.717) is 46.1 Å². The molecule has 4 unspecified atom stereocenters. The van der Waals surface area contributed by atoms with E-state index in [-0.39, 0.29) is 46.9 Å². The lowest BCUT2D eigenvalue weighted by atomic mass is 9.67. The average molecular weight is 703 g/mol. The van der Waals surface area contributed by atoms with Crippen LogP contribution in [0.5, 0.6) is 0 Å². The minimum Gasteiger partial charge on any atom is -0.396 e. The van der Waals surface area contributed by atoms with Crippen LogP contribution in [-0.4, -0.2) is 96.2 Å². The minimum absolute atomic E-state index is 0.00114. The van der Waals surface area contributed by atoms with Gasteiger partial charge >= 0.3 is 0 Å². The van der Waals surface area contributed by atoms with Gasteiger partial charge in [-0.2, -0.15) is 0 Å². The molecule has 1 fully saturated rings. The number of ether oxygens (including phenoxy) is 6. The van der Waals surface area contributed by atoms with Crippen LogP contribution in [0.25, 0.3) is 0 Å². The van der Waals surface area contributed by atoms with Crippen molar-refractivity contribution in [1.82, 2.24) is 0 Å². The quantitative estimate of drug-likeness (QED) is 0.116. The molecule has 8 nitrogen and oxygen atoms in total. The predicted molar refractivity (Wildman–Crippen MR) is 201 cm³/mol. The first-order valence-electron chi connectivity index (χ1n) is 19.0. The molecule has 1 saturated heterocycles. The zero-order valence-electron chi connectivity index (χ0n) is 35.4. The molecule has 1 rings (SSSR count). The van der Waals surface area contributed by atoms with Gasteiger partial charge in [0, 0.05) is 44.2 Å². The Bertz CT molecular complexity index is 948. The normalized spacial score (nSPS) is 21.4. The van der Waals surface area contributed by atoms with Gasteiger partial charge in [-0.15, -0.1) is 0 Å². The molecule has 1 aliphatic heterocycles. The summed E-state index contributed by atoms with van der Waals surface area (Å²) in [6.07, 6.45) is 2.73. The fourth-order valence-electron chi connectivity index (χ4n) is 6.38. The Labute approximate surface area is 303 Å². The monoisotopic (exact) mass is 703 g/mol. The lowest BCUT2D eigenvalue weighted by molar-refractivity contribution is -0.180. The molecule has 49 heavy (non-hydrogen) atoms. The van der Waals surface area contributed by atoms with Crippen molar-refractivity contribution in [2.75, 3.05) is 46.2 Å². The van der Waals surface area contributed by atoms with Gasteiger partial charge < -0.3 is 38.6 Å². The third-order valence-corrected chi connectivity index (χ3v) is 10.3. The van der Waals surface area contributed by atoms with E-state index in [1.807, 2.05) is 13.8 Å². The highest BCUT2D eigenvalue weighted by atomic mass is 16.5. The van der Waals surface area contributed by atoms with E-state index in [9.17, 15) is 10.2 Å². The van der Waals surface area contributed by atoms with Crippen molar-refractivity contribution in [3.8, 4) is 0 Å². The highest BCUT2D eigenvalue weighted by Crippen LogP contribution is 2.49. The molecule has 1 heterocycles. The Kier molecular flexibility index (Phi) is 16.8. The summed E-state index contributed by atoms with van der Waals surface area (Å²) in [5.74, 6) is -0.177. The first kappa shape index (κ1) is 46.7. The van der Waals surface area contributed by atoms with Crippen molar-refractivity contribution >= 4 is 0 Å². The van der Waals surface area contributed by atoms with Crippen LogP contribution in [0.4, 0.5) is 0 Å². The number of hydrogen-bond donors (Lipinski definition) is 2. The van der Waals surface area contributed by atoms with E-state index in [1.165, 1.54) is 0 Å². The Morgan fingerprint density at radius 2 is 1.12 bits per heavy atom. The Morgan fingerprint density at radius 1 is 0.612 bits per heavy atom. The molecule has 1 aliphatic rings. The summed E-state index contributed by atoms with van der Waals surface area (Å²) in [6, 6.07) is 0. The van der Waals surface area contributed by atoms with Crippen LogP contribution in [0.3, 0.4) is 0 Å². The molecule has 0 radical (unpaired) electrons. The van der Waals surface area contributed by atoms with Gasteiger partial charge in [-0.05, 0) is 127 Å². The SMILES string of the molecule is CC(C)(C)CCOC(C)(C)C(COC(C)(C)CCOC(C)(C)C)C1OCC(C(C)(C)OCCC(C)(C)O)C1C(C)(C)OCCC(C)(C)CO. The van der Waals surface area contributed by atoms with Gasteiger partial charge in [-0.25, -0.2) is 0 Å². The lowest BCUT2D eigenvalue weighted by Crippen LogP contribution is -2.55. The Morgan fingerprint density at radius 3 is 1.63 bits per heavy atom.